The second kappa shape index (κ2) is 7.73. The van der Waals surface area contributed by atoms with Crippen molar-refractivity contribution in [2.24, 2.45) is 0 Å². The molecule has 3 aromatic rings. The van der Waals surface area contributed by atoms with Crippen LogP contribution in [0.15, 0.2) is 30.3 Å². The highest BCUT2D eigenvalue weighted by Gasteiger charge is 2.30. The Morgan fingerprint density at radius 1 is 0.933 bits per heavy atom. The first-order valence-electron chi connectivity index (χ1n) is 10.2. The Morgan fingerprint density at radius 2 is 1.63 bits per heavy atom. The van der Waals surface area contributed by atoms with E-state index in [0.29, 0.717) is 5.75 Å². The number of rotatable bonds is 4. The third kappa shape index (κ3) is 3.05. The van der Waals surface area contributed by atoms with Gasteiger partial charge in [-0.2, -0.15) is 0 Å². The number of fused-ring (bicyclic) bond motifs is 2. The van der Waals surface area contributed by atoms with Crippen molar-refractivity contribution in [2.75, 3.05) is 21.3 Å². The van der Waals surface area contributed by atoms with E-state index in [1.165, 1.54) is 0 Å². The zero-order valence-corrected chi connectivity index (χ0v) is 18.4. The smallest absolute Gasteiger partial charge is 0.130 e. The molecule has 5 nitrogen and oxygen atoms in total. The van der Waals surface area contributed by atoms with Crippen LogP contribution in [0.1, 0.15) is 36.6 Å². The summed E-state index contributed by atoms with van der Waals surface area (Å²) < 4.78 is 17.0. The summed E-state index contributed by atoms with van der Waals surface area (Å²) in [6.45, 7) is 6.36. The van der Waals surface area contributed by atoms with Gasteiger partial charge in [-0.1, -0.05) is 12.1 Å². The van der Waals surface area contributed by atoms with Crippen LogP contribution in [0.2, 0.25) is 0 Å². The van der Waals surface area contributed by atoms with Gasteiger partial charge in [0.1, 0.15) is 23.0 Å². The molecule has 3 aromatic carbocycles. The summed E-state index contributed by atoms with van der Waals surface area (Å²) in [6.07, 6.45) is 0.802. The number of nitrogens with one attached hydrogen (secondary N) is 1. The van der Waals surface area contributed by atoms with E-state index in [2.05, 4.69) is 32.2 Å². The fraction of sp³-hybridized carbons (Fsp3) is 0.360. The maximum Gasteiger partial charge on any atom is 0.130 e. The largest absolute Gasteiger partial charge is 0.507 e. The molecule has 1 aliphatic rings. The van der Waals surface area contributed by atoms with Gasteiger partial charge in [0.15, 0.2) is 0 Å². The number of hydrogen-bond donors (Lipinski definition) is 2. The average molecular weight is 408 g/mol. The van der Waals surface area contributed by atoms with E-state index < -0.39 is 0 Å². The van der Waals surface area contributed by atoms with Crippen molar-refractivity contribution >= 4 is 10.8 Å². The molecule has 0 saturated carbocycles. The SMILES string of the molecule is COc1cc(O)c(-c2c(C)cc(OC)c3c(OC)cccc23)c2c1[C@@H](C)N[C@H](C)C2. The summed E-state index contributed by atoms with van der Waals surface area (Å²) in [4.78, 5) is 0. The third-order valence-corrected chi connectivity index (χ3v) is 6.09. The number of ether oxygens (including phenoxy) is 3. The van der Waals surface area contributed by atoms with Gasteiger partial charge in [-0.3, -0.25) is 0 Å². The molecule has 1 heterocycles. The Balaban J connectivity index is 2.15. The molecule has 0 aliphatic carbocycles. The number of methoxy groups -OCH3 is 3. The predicted octanol–water partition coefficient (Wildman–Crippen LogP) is 5.14. The van der Waals surface area contributed by atoms with Crippen LogP contribution in [0, 0.1) is 6.92 Å². The Hall–Kier alpha value is -2.92. The minimum Gasteiger partial charge on any atom is -0.507 e. The average Bonchev–Trinajstić information content (AvgIpc) is 2.72. The second-order valence-electron chi connectivity index (χ2n) is 8.01. The minimum atomic E-state index is 0.123. The van der Waals surface area contributed by atoms with E-state index in [4.69, 9.17) is 14.2 Å². The molecule has 0 aromatic heterocycles. The first-order valence-corrected chi connectivity index (χ1v) is 10.2. The maximum atomic E-state index is 11.2. The van der Waals surface area contributed by atoms with Crippen molar-refractivity contribution in [1.82, 2.24) is 5.32 Å². The molecule has 0 amide bonds. The molecule has 0 fully saturated rings. The van der Waals surface area contributed by atoms with Crippen LogP contribution >= 0.6 is 0 Å². The number of phenolic OH excluding ortho intramolecular Hbond substituents is 1. The summed E-state index contributed by atoms with van der Waals surface area (Å²) >= 11 is 0. The topological polar surface area (TPSA) is 60.0 Å². The molecule has 1 aliphatic heterocycles. The van der Waals surface area contributed by atoms with Crippen molar-refractivity contribution in [1.29, 1.82) is 0 Å². The highest BCUT2D eigenvalue weighted by Crippen LogP contribution is 2.49. The van der Waals surface area contributed by atoms with E-state index in [1.807, 2.05) is 18.2 Å². The van der Waals surface area contributed by atoms with Crippen LogP contribution in [-0.4, -0.2) is 32.5 Å². The fourth-order valence-electron chi connectivity index (χ4n) is 4.93. The van der Waals surface area contributed by atoms with Gasteiger partial charge in [0.25, 0.3) is 0 Å². The van der Waals surface area contributed by atoms with E-state index in [-0.39, 0.29) is 17.8 Å². The van der Waals surface area contributed by atoms with E-state index in [0.717, 1.165) is 56.5 Å². The number of hydrogen-bond acceptors (Lipinski definition) is 5. The normalized spacial score (nSPS) is 18.2. The zero-order valence-electron chi connectivity index (χ0n) is 18.4. The lowest BCUT2D eigenvalue weighted by Gasteiger charge is -2.33. The van der Waals surface area contributed by atoms with E-state index in [1.54, 1.807) is 27.4 Å². The lowest BCUT2D eigenvalue weighted by Crippen LogP contribution is -2.36. The van der Waals surface area contributed by atoms with Crippen molar-refractivity contribution in [2.45, 2.75) is 39.3 Å². The number of aryl methyl sites for hydroxylation is 1. The van der Waals surface area contributed by atoms with Gasteiger partial charge in [-0.25, -0.2) is 0 Å². The molecule has 2 atom stereocenters. The van der Waals surface area contributed by atoms with Gasteiger partial charge in [-0.05, 0) is 61.4 Å². The van der Waals surface area contributed by atoms with Crippen molar-refractivity contribution in [3.63, 3.8) is 0 Å². The van der Waals surface area contributed by atoms with E-state index >= 15 is 0 Å². The Labute approximate surface area is 177 Å². The van der Waals surface area contributed by atoms with Gasteiger partial charge in [0.2, 0.25) is 0 Å². The lowest BCUT2D eigenvalue weighted by atomic mass is 9.81. The first-order chi connectivity index (χ1) is 14.4. The van der Waals surface area contributed by atoms with Crippen molar-refractivity contribution in [3.8, 4) is 34.1 Å². The van der Waals surface area contributed by atoms with Crippen LogP contribution in [0.25, 0.3) is 21.9 Å². The molecule has 2 N–H and O–H groups in total. The van der Waals surface area contributed by atoms with Gasteiger partial charge >= 0.3 is 0 Å². The zero-order chi connectivity index (χ0) is 21.6. The molecule has 158 valence electrons. The predicted molar refractivity (Wildman–Crippen MR) is 120 cm³/mol. The Morgan fingerprint density at radius 3 is 2.30 bits per heavy atom. The molecule has 5 heteroatoms. The highest BCUT2D eigenvalue weighted by molar-refractivity contribution is 6.06. The van der Waals surface area contributed by atoms with Gasteiger partial charge < -0.3 is 24.6 Å². The van der Waals surface area contributed by atoms with Gasteiger partial charge in [0.05, 0.1) is 26.7 Å². The molecule has 4 rings (SSSR count). The Bertz CT molecular complexity index is 1120. The lowest BCUT2D eigenvalue weighted by molar-refractivity contribution is 0.377. The maximum absolute atomic E-state index is 11.2. The van der Waals surface area contributed by atoms with Crippen LogP contribution in [-0.2, 0) is 6.42 Å². The highest BCUT2D eigenvalue weighted by atomic mass is 16.5. The quantitative estimate of drug-likeness (QED) is 0.627. The molecule has 0 radical (unpaired) electrons. The van der Waals surface area contributed by atoms with Crippen LogP contribution < -0.4 is 19.5 Å². The Kier molecular flexibility index (Phi) is 5.24. The second-order valence-corrected chi connectivity index (χ2v) is 8.01. The minimum absolute atomic E-state index is 0.123. The van der Waals surface area contributed by atoms with Crippen LogP contribution in [0.5, 0.6) is 23.0 Å². The molecule has 0 spiro atoms. The summed E-state index contributed by atoms with van der Waals surface area (Å²) in [5, 5.41) is 16.7. The molecule has 0 saturated heterocycles. The van der Waals surface area contributed by atoms with Crippen LogP contribution in [0.4, 0.5) is 0 Å². The van der Waals surface area contributed by atoms with Gasteiger partial charge in [-0.15, -0.1) is 0 Å². The number of phenols is 1. The van der Waals surface area contributed by atoms with Gasteiger partial charge in [0, 0.05) is 29.3 Å². The fourth-order valence-corrected chi connectivity index (χ4v) is 4.93. The molecule has 0 bridgehead atoms. The standard InChI is InChI=1S/C25H29NO4/c1-13-10-20(29-5)25-16(8-7-9-19(25)28-4)22(13)24-17-11-14(2)26-15(3)23(17)21(30-6)12-18(24)27/h7-10,12,14-15,26-27H,11H2,1-6H3/t14-,15-/m1/s1. The summed E-state index contributed by atoms with van der Waals surface area (Å²) in [5.41, 5.74) is 5.14. The van der Waals surface area contributed by atoms with Crippen molar-refractivity contribution < 1.29 is 19.3 Å². The summed E-state index contributed by atoms with van der Waals surface area (Å²) in [5.74, 6) is 2.44. The van der Waals surface area contributed by atoms with Crippen LogP contribution in [0.3, 0.4) is 0 Å². The summed E-state index contributed by atoms with van der Waals surface area (Å²) in [7, 11) is 4.98. The molecular weight excluding hydrogens is 378 g/mol. The summed E-state index contributed by atoms with van der Waals surface area (Å²) in [6, 6.07) is 10.1. The van der Waals surface area contributed by atoms with E-state index in [9.17, 15) is 5.11 Å². The number of benzene rings is 3. The molecule has 0 unspecified atom stereocenters. The molecular formula is C25H29NO4. The first kappa shape index (κ1) is 20.4. The molecule has 30 heavy (non-hydrogen) atoms. The van der Waals surface area contributed by atoms with Crippen molar-refractivity contribution in [3.05, 3.63) is 47.0 Å². The third-order valence-electron chi connectivity index (χ3n) is 6.09. The number of aromatic hydroxyl groups is 1. The monoisotopic (exact) mass is 407 g/mol.